The SMILES string of the molecule is CCCN(C)CC1CCN(CCCC(C)SS)CC1. The zero-order chi connectivity index (χ0) is 14.1. The number of hydrogen-bond donors (Lipinski definition) is 1. The van der Waals surface area contributed by atoms with Crippen LogP contribution in [0.2, 0.25) is 0 Å². The third-order valence-corrected chi connectivity index (χ3v) is 5.82. The minimum atomic E-state index is 0.698. The molecule has 1 heterocycles. The lowest BCUT2D eigenvalue weighted by molar-refractivity contribution is 0.153. The van der Waals surface area contributed by atoms with Crippen molar-refractivity contribution in [1.29, 1.82) is 0 Å². The Morgan fingerprint density at radius 2 is 2.05 bits per heavy atom. The third-order valence-electron chi connectivity index (χ3n) is 4.15. The molecule has 1 aliphatic heterocycles. The predicted octanol–water partition coefficient (Wildman–Crippen LogP) is 3.79. The van der Waals surface area contributed by atoms with E-state index in [1.165, 1.54) is 64.8 Å². The first-order chi connectivity index (χ1) is 9.15. The van der Waals surface area contributed by atoms with Crippen LogP contribution in [0.5, 0.6) is 0 Å². The summed E-state index contributed by atoms with van der Waals surface area (Å²) in [6, 6.07) is 0. The van der Waals surface area contributed by atoms with Crippen molar-refractivity contribution in [2.45, 2.75) is 51.2 Å². The smallest absolute Gasteiger partial charge is 0.0121 e. The van der Waals surface area contributed by atoms with Gasteiger partial charge < -0.3 is 9.80 Å². The van der Waals surface area contributed by atoms with Crippen LogP contribution in [0.25, 0.3) is 0 Å². The molecular formula is C15H32N2S2. The van der Waals surface area contributed by atoms with E-state index in [-0.39, 0.29) is 0 Å². The molecule has 1 fully saturated rings. The molecule has 1 aliphatic rings. The van der Waals surface area contributed by atoms with Crippen molar-refractivity contribution in [2.24, 2.45) is 5.92 Å². The molecule has 1 saturated heterocycles. The average Bonchev–Trinajstić information content (AvgIpc) is 2.41. The van der Waals surface area contributed by atoms with Crippen molar-refractivity contribution >= 4 is 22.5 Å². The highest BCUT2D eigenvalue weighted by atomic mass is 33.1. The largest absolute Gasteiger partial charge is 0.306 e. The topological polar surface area (TPSA) is 6.48 Å². The van der Waals surface area contributed by atoms with Crippen LogP contribution < -0.4 is 0 Å². The molecule has 1 atom stereocenters. The Morgan fingerprint density at radius 1 is 1.37 bits per heavy atom. The number of thiol groups is 1. The van der Waals surface area contributed by atoms with Gasteiger partial charge in [0.2, 0.25) is 0 Å². The maximum absolute atomic E-state index is 4.27. The second-order valence-corrected chi connectivity index (χ2v) is 7.75. The number of piperidine rings is 1. The molecule has 0 saturated carbocycles. The maximum Gasteiger partial charge on any atom is 0.0121 e. The normalized spacial score (nSPS) is 20.1. The van der Waals surface area contributed by atoms with Gasteiger partial charge in [-0.2, -0.15) is 0 Å². The van der Waals surface area contributed by atoms with Gasteiger partial charge in [0.1, 0.15) is 0 Å². The van der Waals surface area contributed by atoms with Gasteiger partial charge in [-0.1, -0.05) is 24.6 Å². The van der Waals surface area contributed by atoms with Gasteiger partial charge in [-0.3, -0.25) is 0 Å². The maximum atomic E-state index is 4.27. The second kappa shape index (κ2) is 10.4. The van der Waals surface area contributed by atoms with Crippen LogP contribution in [0.4, 0.5) is 0 Å². The molecule has 4 heteroatoms. The lowest BCUT2D eigenvalue weighted by Crippen LogP contribution is -2.38. The van der Waals surface area contributed by atoms with E-state index in [2.05, 4.69) is 42.4 Å². The fourth-order valence-corrected chi connectivity index (χ4v) is 3.55. The second-order valence-electron chi connectivity index (χ2n) is 6.11. The number of likely N-dealkylation sites (tertiary alicyclic amines) is 1. The van der Waals surface area contributed by atoms with Gasteiger partial charge in [-0.05, 0) is 71.2 Å². The van der Waals surface area contributed by atoms with Crippen molar-refractivity contribution in [3.8, 4) is 0 Å². The third kappa shape index (κ3) is 7.84. The van der Waals surface area contributed by atoms with Gasteiger partial charge in [-0.15, -0.1) is 11.7 Å². The first kappa shape index (κ1) is 17.7. The minimum Gasteiger partial charge on any atom is -0.306 e. The van der Waals surface area contributed by atoms with E-state index in [4.69, 9.17) is 0 Å². The van der Waals surface area contributed by atoms with Crippen molar-refractivity contribution < 1.29 is 0 Å². The van der Waals surface area contributed by atoms with Crippen LogP contribution in [0.3, 0.4) is 0 Å². The number of rotatable bonds is 9. The van der Waals surface area contributed by atoms with Crippen molar-refractivity contribution in [2.75, 3.05) is 39.8 Å². The molecule has 0 N–H and O–H groups in total. The van der Waals surface area contributed by atoms with Gasteiger partial charge in [0.25, 0.3) is 0 Å². The van der Waals surface area contributed by atoms with E-state index in [1.807, 2.05) is 0 Å². The molecule has 0 bridgehead atoms. The van der Waals surface area contributed by atoms with E-state index >= 15 is 0 Å². The summed E-state index contributed by atoms with van der Waals surface area (Å²) in [6.45, 7) is 11.0. The van der Waals surface area contributed by atoms with Crippen molar-refractivity contribution in [1.82, 2.24) is 9.80 Å². The molecule has 1 unspecified atom stereocenters. The zero-order valence-corrected chi connectivity index (χ0v) is 14.7. The highest BCUT2D eigenvalue weighted by Crippen LogP contribution is 2.21. The molecule has 0 aliphatic carbocycles. The summed E-state index contributed by atoms with van der Waals surface area (Å²) in [5.41, 5.74) is 0. The van der Waals surface area contributed by atoms with Crippen LogP contribution in [0.15, 0.2) is 0 Å². The summed E-state index contributed by atoms with van der Waals surface area (Å²) in [6.07, 6.45) is 6.69. The van der Waals surface area contributed by atoms with Gasteiger partial charge >= 0.3 is 0 Å². The molecule has 0 aromatic rings. The standard InChI is InChI=1S/C15H32N2S2/c1-4-9-16(3)13-15-7-11-17(12-8-15)10-5-6-14(2)19-18/h14-15,18H,4-13H2,1-3H3. The Bertz CT molecular complexity index is 218. The Hall–Kier alpha value is 0.620. The summed E-state index contributed by atoms with van der Waals surface area (Å²) in [5.74, 6) is 0.930. The van der Waals surface area contributed by atoms with Gasteiger partial charge in [-0.25, -0.2) is 0 Å². The molecule has 0 spiro atoms. The molecule has 0 radical (unpaired) electrons. The summed E-state index contributed by atoms with van der Waals surface area (Å²) >= 11 is 4.27. The van der Waals surface area contributed by atoms with Crippen LogP contribution in [-0.4, -0.2) is 54.8 Å². The minimum absolute atomic E-state index is 0.698. The van der Waals surface area contributed by atoms with Gasteiger partial charge in [0.15, 0.2) is 0 Å². The summed E-state index contributed by atoms with van der Waals surface area (Å²) in [4.78, 5) is 5.16. The van der Waals surface area contributed by atoms with Crippen LogP contribution in [0, 0.1) is 5.92 Å². The molecule has 0 amide bonds. The molecule has 114 valence electrons. The predicted molar refractivity (Wildman–Crippen MR) is 92.2 cm³/mol. The average molecular weight is 305 g/mol. The molecule has 0 aromatic heterocycles. The fraction of sp³-hybridized carbons (Fsp3) is 1.00. The van der Waals surface area contributed by atoms with Crippen molar-refractivity contribution in [3.05, 3.63) is 0 Å². The Labute approximate surface area is 129 Å². The first-order valence-electron chi connectivity index (χ1n) is 7.86. The summed E-state index contributed by atoms with van der Waals surface area (Å²) < 4.78 is 0. The fourth-order valence-electron chi connectivity index (χ4n) is 2.96. The van der Waals surface area contributed by atoms with Crippen LogP contribution in [0.1, 0.15) is 46.0 Å². The summed E-state index contributed by atoms with van der Waals surface area (Å²) in [5, 5.41) is 0.698. The number of hydrogen-bond acceptors (Lipinski definition) is 4. The number of nitrogens with zero attached hydrogens (tertiary/aromatic N) is 2. The molecular weight excluding hydrogens is 272 g/mol. The molecule has 1 rings (SSSR count). The lowest BCUT2D eigenvalue weighted by Gasteiger charge is -2.34. The van der Waals surface area contributed by atoms with E-state index in [0.717, 1.165) is 5.92 Å². The summed E-state index contributed by atoms with van der Waals surface area (Å²) in [7, 11) is 3.96. The lowest BCUT2D eigenvalue weighted by atomic mass is 9.96. The van der Waals surface area contributed by atoms with E-state index in [1.54, 1.807) is 10.8 Å². The quantitative estimate of drug-likeness (QED) is 0.512. The van der Waals surface area contributed by atoms with Crippen LogP contribution >= 0.6 is 22.5 Å². The van der Waals surface area contributed by atoms with Gasteiger partial charge in [0, 0.05) is 11.8 Å². The first-order valence-corrected chi connectivity index (χ1v) is 9.80. The van der Waals surface area contributed by atoms with Crippen molar-refractivity contribution in [3.63, 3.8) is 0 Å². The van der Waals surface area contributed by atoms with Crippen LogP contribution in [-0.2, 0) is 0 Å². The zero-order valence-electron chi connectivity index (χ0n) is 13.0. The van der Waals surface area contributed by atoms with Gasteiger partial charge in [0.05, 0.1) is 0 Å². The Morgan fingerprint density at radius 3 is 2.63 bits per heavy atom. The highest BCUT2D eigenvalue weighted by molar-refractivity contribution is 8.68. The van der Waals surface area contributed by atoms with E-state index in [9.17, 15) is 0 Å². The molecule has 0 aromatic carbocycles. The monoisotopic (exact) mass is 304 g/mol. The van der Waals surface area contributed by atoms with E-state index in [0.29, 0.717) is 5.25 Å². The molecule has 19 heavy (non-hydrogen) atoms. The Balaban J connectivity index is 2.08. The Kier molecular flexibility index (Phi) is 9.64. The van der Waals surface area contributed by atoms with E-state index < -0.39 is 0 Å². The highest BCUT2D eigenvalue weighted by Gasteiger charge is 2.19. The molecule has 2 nitrogen and oxygen atoms in total.